The lowest BCUT2D eigenvalue weighted by atomic mass is 10.2. The maximum Gasteiger partial charge on any atom is 0.337 e. The zero-order valence-electron chi connectivity index (χ0n) is 16.8. The summed E-state index contributed by atoms with van der Waals surface area (Å²) in [6.45, 7) is 6.54. The molecular weight excluding hydrogens is 404 g/mol. The zero-order chi connectivity index (χ0) is 21.5. The van der Waals surface area contributed by atoms with Gasteiger partial charge in [0, 0.05) is 6.54 Å². The molecule has 3 rings (SSSR count). The summed E-state index contributed by atoms with van der Waals surface area (Å²) < 4.78 is 18.4. The Balaban J connectivity index is 1.82. The lowest BCUT2D eigenvalue weighted by Gasteiger charge is -2.06. The highest BCUT2D eigenvalue weighted by Crippen LogP contribution is 2.20. The van der Waals surface area contributed by atoms with Crippen LogP contribution in [0.5, 0.6) is 11.5 Å². The van der Waals surface area contributed by atoms with Gasteiger partial charge in [0.05, 0.1) is 29.5 Å². The van der Waals surface area contributed by atoms with Crippen molar-refractivity contribution in [1.29, 1.82) is 0 Å². The van der Waals surface area contributed by atoms with Gasteiger partial charge in [-0.25, -0.2) is 4.79 Å². The topological polar surface area (TPSA) is 79.1 Å². The molecule has 0 saturated carbocycles. The number of allylic oxidation sites excluding steroid dienone is 1. The number of fused-ring (bicyclic) bond motifs is 1. The molecule has 0 bridgehead atoms. The van der Waals surface area contributed by atoms with Crippen molar-refractivity contribution in [1.82, 2.24) is 4.57 Å². The predicted octanol–water partition coefficient (Wildman–Crippen LogP) is 3.58. The van der Waals surface area contributed by atoms with Crippen molar-refractivity contribution < 1.29 is 23.8 Å². The molecule has 0 spiro atoms. The molecule has 0 saturated heterocycles. The van der Waals surface area contributed by atoms with E-state index in [-0.39, 0.29) is 6.61 Å². The number of carbonyl (C=O) groups is 2. The lowest BCUT2D eigenvalue weighted by Crippen LogP contribution is -2.19. The van der Waals surface area contributed by atoms with E-state index in [0.29, 0.717) is 29.3 Å². The number of hydrogen-bond acceptors (Lipinski definition) is 6. The summed E-state index contributed by atoms with van der Waals surface area (Å²) in [7, 11) is 1.34. The highest BCUT2D eigenvalue weighted by Gasteiger charge is 2.12. The minimum atomic E-state index is -0.418. The average Bonchev–Trinajstić information content (AvgIpc) is 3.09. The van der Waals surface area contributed by atoms with Gasteiger partial charge in [0.15, 0.2) is 11.4 Å². The maximum atomic E-state index is 12.4. The molecule has 0 atom stereocenters. The van der Waals surface area contributed by atoms with Crippen molar-refractivity contribution in [2.45, 2.75) is 13.5 Å². The molecule has 8 heteroatoms. The number of esters is 1. The summed E-state index contributed by atoms with van der Waals surface area (Å²) >= 11 is 1.31. The summed E-state index contributed by atoms with van der Waals surface area (Å²) in [6.07, 6.45) is 1.72. The second-order valence-electron chi connectivity index (χ2n) is 6.16. The molecule has 0 aliphatic heterocycles. The van der Waals surface area contributed by atoms with Crippen LogP contribution in [-0.4, -0.2) is 36.8 Å². The third kappa shape index (κ3) is 4.96. The van der Waals surface area contributed by atoms with Crippen LogP contribution < -0.4 is 14.3 Å². The summed E-state index contributed by atoms with van der Waals surface area (Å²) in [5.74, 6) is 0.461. The first-order valence-electron chi connectivity index (χ1n) is 9.31. The number of aromatic nitrogens is 1. The van der Waals surface area contributed by atoms with Crippen molar-refractivity contribution in [3.63, 3.8) is 0 Å². The summed E-state index contributed by atoms with van der Waals surface area (Å²) in [5.41, 5.74) is 1.29. The highest BCUT2D eigenvalue weighted by molar-refractivity contribution is 7.16. The van der Waals surface area contributed by atoms with E-state index in [1.54, 1.807) is 42.5 Å². The first kappa shape index (κ1) is 21.3. The van der Waals surface area contributed by atoms with Gasteiger partial charge >= 0.3 is 5.97 Å². The van der Waals surface area contributed by atoms with Crippen molar-refractivity contribution in [3.05, 3.63) is 65.5 Å². The van der Waals surface area contributed by atoms with Gasteiger partial charge in [0.2, 0.25) is 0 Å². The monoisotopic (exact) mass is 426 g/mol. The standard InChI is InChI=1S/C22H22N2O5S/c1-4-12-24-18-11-6-15(21(26)27-3)13-19(18)30-22(24)23-20(25)14-29-17-9-7-16(8-10-17)28-5-2/h4,6-11,13H,1,5,12,14H2,2-3H3. The number of hydrogen-bond donors (Lipinski definition) is 0. The number of ether oxygens (including phenoxy) is 3. The summed E-state index contributed by atoms with van der Waals surface area (Å²) in [5, 5.41) is 0. The smallest absolute Gasteiger partial charge is 0.337 e. The minimum Gasteiger partial charge on any atom is -0.494 e. The molecule has 2 aromatic carbocycles. The van der Waals surface area contributed by atoms with E-state index >= 15 is 0 Å². The van der Waals surface area contributed by atoms with Gasteiger partial charge in [-0.1, -0.05) is 17.4 Å². The van der Waals surface area contributed by atoms with Crippen molar-refractivity contribution >= 4 is 33.4 Å². The van der Waals surface area contributed by atoms with Crippen molar-refractivity contribution in [3.8, 4) is 11.5 Å². The molecule has 1 amide bonds. The second-order valence-corrected chi connectivity index (χ2v) is 7.17. The van der Waals surface area contributed by atoms with Gasteiger partial charge in [-0.05, 0) is 49.4 Å². The van der Waals surface area contributed by atoms with E-state index < -0.39 is 11.9 Å². The summed E-state index contributed by atoms with van der Waals surface area (Å²) in [6, 6.07) is 12.3. The van der Waals surface area contributed by atoms with E-state index in [1.807, 2.05) is 17.6 Å². The Bertz CT molecular complexity index is 1130. The van der Waals surface area contributed by atoms with Crippen LogP contribution in [0.15, 0.2) is 60.1 Å². The van der Waals surface area contributed by atoms with E-state index in [0.717, 1.165) is 16.0 Å². The van der Waals surface area contributed by atoms with Crippen molar-refractivity contribution in [2.24, 2.45) is 4.99 Å². The van der Waals surface area contributed by atoms with E-state index in [4.69, 9.17) is 14.2 Å². The predicted molar refractivity (Wildman–Crippen MR) is 115 cm³/mol. The molecule has 156 valence electrons. The van der Waals surface area contributed by atoms with Crippen LogP contribution >= 0.6 is 11.3 Å². The third-order valence-electron chi connectivity index (χ3n) is 4.13. The number of nitrogens with zero attached hydrogens (tertiary/aromatic N) is 2. The normalized spacial score (nSPS) is 11.3. The molecule has 1 heterocycles. The van der Waals surface area contributed by atoms with Crippen LogP contribution in [-0.2, 0) is 16.1 Å². The molecule has 3 aromatic rings. The first-order chi connectivity index (χ1) is 14.5. The Morgan fingerprint density at radius 2 is 1.83 bits per heavy atom. The van der Waals surface area contributed by atoms with Gasteiger partial charge < -0.3 is 18.8 Å². The first-order valence-corrected chi connectivity index (χ1v) is 10.1. The fourth-order valence-electron chi connectivity index (χ4n) is 2.79. The maximum absolute atomic E-state index is 12.4. The van der Waals surface area contributed by atoms with Crippen LogP contribution in [0, 0.1) is 0 Å². The van der Waals surface area contributed by atoms with E-state index in [1.165, 1.54) is 18.4 Å². The molecule has 7 nitrogen and oxygen atoms in total. The molecule has 0 aliphatic carbocycles. The molecule has 1 aromatic heterocycles. The average molecular weight is 426 g/mol. The Labute approximate surface area is 177 Å². The molecule has 0 unspecified atom stereocenters. The van der Waals surface area contributed by atoms with Gasteiger partial charge in [0.1, 0.15) is 11.5 Å². The lowest BCUT2D eigenvalue weighted by molar-refractivity contribution is -0.120. The molecule has 0 N–H and O–H groups in total. The van der Waals surface area contributed by atoms with Gasteiger partial charge in [-0.3, -0.25) is 4.79 Å². The van der Waals surface area contributed by atoms with Crippen LogP contribution in [0.25, 0.3) is 10.2 Å². The highest BCUT2D eigenvalue weighted by atomic mass is 32.1. The van der Waals surface area contributed by atoms with E-state index in [9.17, 15) is 9.59 Å². The Morgan fingerprint density at radius 3 is 2.47 bits per heavy atom. The number of carbonyl (C=O) groups excluding carboxylic acids is 2. The SMILES string of the molecule is C=CCn1c(=NC(=O)COc2ccc(OCC)cc2)sc2cc(C(=O)OC)ccc21. The quantitative estimate of drug-likeness (QED) is 0.406. The number of thiazole rings is 1. The van der Waals surface area contributed by atoms with Crippen LogP contribution in [0.1, 0.15) is 17.3 Å². The molecule has 0 fully saturated rings. The minimum absolute atomic E-state index is 0.191. The Morgan fingerprint density at radius 1 is 1.13 bits per heavy atom. The third-order valence-corrected chi connectivity index (χ3v) is 5.17. The number of rotatable bonds is 8. The van der Waals surface area contributed by atoms with Gasteiger partial charge in [0.25, 0.3) is 5.91 Å². The van der Waals surface area contributed by atoms with Crippen LogP contribution in [0.2, 0.25) is 0 Å². The molecular formula is C22H22N2O5S. The molecule has 0 radical (unpaired) electrons. The number of benzene rings is 2. The molecule has 30 heavy (non-hydrogen) atoms. The Kier molecular flexibility index (Phi) is 7.03. The zero-order valence-corrected chi connectivity index (χ0v) is 17.6. The fraction of sp³-hybridized carbons (Fsp3) is 0.227. The van der Waals surface area contributed by atoms with E-state index in [2.05, 4.69) is 11.6 Å². The number of amides is 1. The summed E-state index contributed by atoms with van der Waals surface area (Å²) in [4.78, 5) is 28.9. The second kappa shape index (κ2) is 9.89. The fourth-order valence-corrected chi connectivity index (χ4v) is 3.89. The number of methoxy groups -OCH3 is 1. The largest absolute Gasteiger partial charge is 0.494 e. The van der Waals surface area contributed by atoms with Crippen LogP contribution in [0.3, 0.4) is 0 Å². The van der Waals surface area contributed by atoms with Crippen molar-refractivity contribution in [2.75, 3.05) is 20.3 Å². The van der Waals surface area contributed by atoms with Gasteiger partial charge in [-0.15, -0.1) is 6.58 Å². The Hall–Kier alpha value is -3.39. The van der Waals surface area contributed by atoms with Crippen LogP contribution in [0.4, 0.5) is 0 Å². The van der Waals surface area contributed by atoms with Gasteiger partial charge in [-0.2, -0.15) is 4.99 Å². The molecule has 0 aliphatic rings.